The summed E-state index contributed by atoms with van der Waals surface area (Å²) in [5.41, 5.74) is 2.97. The number of anilines is 1. The van der Waals surface area contributed by atoms with Crippen LogP contribution in [0.15, 0.2) is 54.6 Å². The van der Waals surface area contributed by atoms with E-state index in [1.807, 2.05) is 54.6 Å². The van der Waals surface area contributed by atoms with Crippen molar-refractivity contribution in [2.24, 2.45) is 0 Å². The van der Waals surface area contributed by atoms with Crippen molar-refractivity contribution in [1.82, 2.24) is 0 Å². The largest absolute Gasteiger partial charge is 0.325 e. The molecule has 2 rings (SSSR count). The highest BCUT2D eigenvalue weighted by Gasteiger charge is 2.06. The van der Waals surface area contributed by atoms with Gasteiger partial charge in [-0.3, -0.25) is 4.79 Å². The number of carbonyl (C=O) groups is 1. The zero-order chi connectivity index (χ0) is 12.8. The maximum Gasteiger partial charge on any atom is 0.225 e. The molecule has 0 saturated carbocycles. The van der Waals surface area contributed by atoms with Crippen LogP contribution in [0.5, 0.6) is 0 Å². The molecular weight excluding hydrogens is 242 g/mol. The normalized spacial score (nSPS) is 10.1. The number of benzene rings is 2. The molecule has 0 aliphatic carbocycles. The highest BCUT2D eigenvalue weighted by molar-refractivity contribution is 7.80. The van der Waals surface area contributed by atoms with Crippen molar-refractivity contribution in [3.8, 4) is 11.1 Å². The van der Waals surface area contributed by atoms with Crippen LogP contribution in [0.3, 0.4) is 0 Å². The molecular formula is C15H15NOS. The molecule has 18 heavy (non-hydrogen) atoms. The van der Waals surface area contributed by atoms with Gasteiger partial charge in [0.1, 0.15) is 0 Å². The number of amides is 1. The number of hydrogen-bond donors (Lipinski definition) is 2. The van der Waals surface area contributed by atoms with Crippen LogP contribution >= 0.6 is 12.6 Å². The van der Waals surface area contributed by atoms with E-state index in [0.717, 1.165) is 16.8 Å². The van der Waals surface area contributed by atoms with Gasteiger partial charge in [-0.15, -0.1) is 0 Å². The molecule has 2 nitrogen and oxygen atoms in total. The van der Waals surface area contributed by atoms with E-state index in [1.54, 1.807) is 0 Å². The van der Waals surface area contributed by atoms with Crippen LogP contribution in [0, 0.1) is 0 Å². The molecule has 0 heterocycles. The van der Waals surface area contributed by atoms with Crippen molar-refractivity contribution < 1.29 is 4.79 Å². The topological polar surface area (TPSA) is 29.1 Å². The van der Waals surface area contributed by atoms with Gasteiger partial charge in [-0.05, 0) is 17.4 Å². The van der Waals surface area contributed by atoms with Gasteiger partial charge in [-0.2, -0.15) is 12.6 Å². The van der Waals surface area contributed by atoms with Gasteiger partial charge in [0.2, 0.25) is 5.91 Å². The smallest absolute Gasteiger partial charge is 0.225 e. The van der Waals surface area contributed by atoms with Gasteiger partial charge in [-0.25, -0.2) is 0 Å². The van der Waals surface area contributed by atoms with Crippen LogP contribution in [0.4, 0.5) is 5.69 Å². The Morgan fingerprint density at radius 1 is 1.00 bits per heavy atom. The summed E-state index contributed by atoms with van der Waals surface area (Å²) in [6, 6.07) is 17.8. The fourth-order valence-corrected chi connectivity index (χ4v) is 1.98. The van der Waals surface area contributed by atoms with E-state index in [2.05, 4.69) is 17.9 Å². The third kappa shape index (κ3) is 3.14. The molecule has 2 aromatic rings. The van der Waals surface area contributed by atoms with Gasteiger partial charge in [0.05, 0.1) is 0 Å². The predicted octanol–water partition coefficient (Wildman–Crippen LogP) is 3.61. The summed E-state index contributed by atoms with van der Waals surface area (Å²) in [5, 5.41) is 2.92. The average molecular weight is 257 g/mol. The van der Waals surface area contributed by atoms with Crippen LogP contribution in [0.25, 0.3) is 11.1 Å². The summed E-state index contributed by atoms with van der Waals surface area (Å²) in [6.07, 6.45) is 0.423. The zero-order valence-corrected chi connectivity index (χ0v) is 10.9. The SMILES string of the molecule is O=C(CCS)Nc1ccccc1-c1ccccc1. The Balaban J connectivity index is 2.29. The zero-order valence-electron chi connectivity index (χ0n) is 9.97. The second-order valence-corrected chi connectivity index (χ2v) is 4.38. The molecule has 0 radical (unpaired) electrons. The number of nitrogens with one attached hydrogen (secondary N) is 1. The summed E-state index contributed by atoms with van der Waals surface area (Å²) >= 11 is 4.06. The minimum atomic E-state index is -0.00613. The molecule has 0 fully saturated rings. The molecule has 0 atom stereocenters. The van der Waals surface area contributed by atoms with Crippen LogP contribution < -0.4 is 5.32 Å². The highest BCUT2D eigenvalue weighted by Crippen LogP contribution is 2.27. The maximum absolute atomic E-state index is 11.6. The molecule has 1 N–H and O–H groups in total. The number of rotatable bonds is 4. The number of hydrogen-bond acceptors (Lipinski definition) is 2. The van der Waals surface area contributed by atoms with Crippen LogP contribution in [-0.2, 0) is 4.79 Å². The predicted molar refractivity (Wildman–Crippen MR) is 79.0 cm³/mol. The molecule has 0 aromatic heterocycles. The number of carbonyl (C=O) groups excluding carboxylic acids is 1. The van der Waals surface area contributed by atoms with Crippen molar-refractivity contribution >= 4 is 24.2 Å². The van der Waals surface area contributed by atoms with Gasteiger partial charge in [0.15, 0.2) is 0 Å². The fourth-order valence-electron chi connectivity index (χ4n) is 1.78. The molecule has 1 amide bonds. The average Bonchev–Trinajstić information content (AvgIpc) is 2.40. The van der Waals surface area contributed by atoms with Gasteiger partial charge in [-0.1, -0.05) is 48.5 Å². The second-order valence-electron chi connectivity index (χ2n) is 3.93. The van der Waals surface area contributed by atoms with E-state index in [-0.39, 0.29) is 5.91 Å². The van der Waals surface area contributed by atoms with E-state index >= 15 is 0 Å². The first-order chi connectivity index (χ1) is 8.81. The molecule has 0 aliphatic heterocycles. The minimum absolute atomic E-state index is 0.00613. The molecule has 0 unspecified atom stereocenters. The first-order valence-electron chi connectivity index (χ1n) is 5.86. The number of thiol groups is 1. The lowest BCUT2D eigenvalue weighted by molar-refractivity contribution is -0.115. The quantitative estimate of drug-likeness (QED) is 0.805. The van der Waals surface area contributed by atoms with Crippen molar-refractivity contribution in [3.05, 3.63) is 54.6 Å². The first kappa shape index (κ1) is 12.7. The highest BCUT2D eigenvalue weighted by atomic mass is 32.1. The van der Waals surface area contributed by atoms with E-state index < -0.39 is 0 Å². The Labute approximate surface area is 112 Å². The Hall–Kier alpha value is -1.74. The van der Waals surface area contributed by atoms with Gasteiger partial charge in [0.25, 0.3) is 0 Å². The molecule has 0 saturated heterocycles. The standard InChI is InChI=1S/C15H15NOS/c17-15(10-11-18)16-14-9-5-4-8-13(14)12-6-2-1-3-7-12/h1-9,18H,10-11H2,(H,16,17). The Bertz CT molecular complexity index is 525. The Kier molecular flexibility index (Phi) is 4.42. The molecule has 0 aliphatic rings. The second kappa shape index (κ2) is 6.26. The lowest BCUT2D eigenvalue weighted by Gasteiger charge is -2.10. The molecule has 92 valence electrons. The lowest BCUT2D eigenvalue weighted by Crippen LogP contribution is -2.12. The Morgan fingerprint density at radius 2 is 1.67 bits per heavy atom. The maximum atomic E-state index is 11.6. The first-order valence-corrected chi connectivity index (χ1v) is 6.49. The van der Waals surface area contributed by atoms with Crippen LogP contribution in [0.2, 0.25) is 0 Å². The van der Waals surface area contributed by atoms with E-state index in [9.17, 15) is 4.79 Å². The monoisotopic (exact) mass is 257 g/mol. The summed E-state index contributed by atoms with van der Waals surface area (Å²) in [5.74, 6) is 0.549. The van der Waals surface area contributed by atoms with Gasteiger partial charge < -0.3 is 5.32 Å². The lowest BCUT2D eigenvalue weighted by atomic mass is 10.0. The summed E-state index contributed by atoms with van der Waals surface area (Å²) in [6.45, 7) is 0. The third-order valence-corrected chi connectivity index (χ3v) is 2.85. The summed E-state index contributed by atoms with van der Waals surface area (Å²) < 4.78 is 0. The molecule has 3 heteroatoms. The van der Waals surface area contributed by atoms with E-state index in [1.165, 1.54) is 0 Å². The van der Waals surface area contributed by atoms with Gasteiger partial charge in [0, 0.05) is 17.7 Å². The summed E-state index contributed by atoms with van der Waals surface area (Å²) in [7, 11) is 0. The minimum Gasteiger partial charge on any atom is -0.325 e. The van der Waals surface area contributed by atoms with Crippen molar-refractivity contribution in [2.45, 2.75) is 6.42 Å². The Morgan fingerprint density at radius 3 is 2.39 bits per heavy atom. The fraction of sp³-hybridized carbons (Fsp3) is 0.133. The van der Waals surface area contributed by atoms with Crippen molar-refractivity contribution in [1.29, 1.82) is 0 Å². The van der Waals surface area contributed by atoms with Crippen LogP contribution in [0.1, 0.15) is 6.42 Å². The third-order valence-electron chi connectivity index (χ3n) is 2.62. The van der Waals surface area contributed by atoms with Gasteiger partial charge >= 0.3 is 0 Å². The van der Waals surface area contributed by atoms with E-state index in [4.69, 9.17) is 0 Å². The number of para-hydroxylation sites is 1. The molecule has 0 spiro atoms. The molecule has 2 aromatic carbocycles. The van der Waals surface area contributed by atoms with E-state index in [0.29, 0.717) is 12.2 Å². The van der Waals surface area contributed by atoms with Crippen molar-refractivity contribution in [2.75, 3.05) is 11.1 Å². The van der Waals surface area contributed by atoms with Crippen molar-refractivity contribution in [3.63, 3.8) is 0 Å². The molecule has 0 bridgehead atoms. The van der Waals surface area contributed by atoms with Crippen LogP contribution in [-0.4, -0.2) is 11.7 Å². The summed E-state index contributed by atoms with van der Waals surface area (Å²) in [4.78, 5) is 11.6.